The first-order valence-electron chi connectivity index (χ1n) is 6.85. The molecule has 0 fully saturated rings. The molecule has 0 unspecified atom stereocenters. The molecule has 0 spiro atoms. The smallest absolute Gasteiger partial charge is 0.254 e. The molecule has 0 aliphatic heterocycles. The minimum atomic E-state index is -0.128. The molecule has 0 saturated heterocycles. The van der Waals surface area contributed by atoms with Gasteiger partial charge in [-0.25, -0.2) is 0 Å². The number of rotatable bonds is 4. The van der Waals surface area contributed by atoms with E-state index in [1.165, 1.54) is 6.07 Å². The Bertz CT molecular complexity index is 653. The third-order valence-corrected chi connectivity index (χ3v) is 3.55. The van der Waals surface area contributed by atoms with E-state index in [1.54, 1.807) is 31.0 Å². The average Bonchev–Trinajstić information content (AvgIpc) is 2.49. The molecule has 2 aromatic carbocycles. The highest BCUT2D eigenvalue weighted by atomic mass is 16.3. The number of aryl methyl sites for hydroxylation is 1. The lowest BCUT2D eigenvalue weighted by atomic mass is 10.1. The van der Waals surface area contributed by atoms with Crippen molar-refractivity contribution in [1.29, 1.82) is 0 Å². The monoisotopic (exact) mass is 284 g/mol. The van der Waals surface area contributed by atoms with E-state index in [2.05, 4.69) is 0 Å². The van der Waals surface area contributed by atoms with Crippen molar-refractivity contribution < 1.29 is 9.90 Å². The van der Waals surface area contributed by atoms with Crippen molar-refractivity contribution in [3.05, 3.63) is 64.7 Å². The number of aromatic hydroxyl groups is 1. The van der Waals surface area contributed by atoms with E-state index in [4.69, 9.17) is 5.73 Å². The van der Waals surface area contributed by atoms with Crippen LogP contribution in [-0.2, 0) is 13.1 Å². The lowest BCUT2D eigenvalue weighted by Gasteiger charge is -2.19. The van der Waals surface area contributed by atoms with E-state index in [-0.39, 0.29) is 11.7 Å². The quantitative estimate of drug-likeness (QED) is 0.906. The number of nitrogens with two attached hydrogens (primary N) is 1. The van der Waals surface area contributed by atoms with Crippen LogP contribution in [-0.4, -0.2) is 23.0 Å². The summed E-state index contributed by atoms with van der Waals surface area (Å²) in [5.41, 5.74) is 9.01. The van der Waals surface area contributed by atoms with Gasteiger partial charge in [0.15, 0.2) is 0 Å². The van der Waals surface area contributed by atoms with Gasteiger partial charge in [0.2, 0.25) is 0 Å². The molecular weight excluding hydrogens is 264 g/mol. The molecular formula is C17H20N2O2. The molecule has 21 heavy (non-hydrogen) atoms. The number of nitrogens with zero attached hydrogens (tertiary/aromatic N) is 1. The normalized spacial score (nSPS) is 10.4. The summed E-state index contributed by atoms with van der Waals surface area (Å²) in [6, 6.07) is 12.8. The van der Waals surface area contributed by atoms with Crippen LogP contribution in [0.4, 0.5) is 0 Å². The Morgan fingerprint density at radius 2 is 1.86 bits per heavy atom. The van der Waals surface area contributed by atoms with Crippen LogP contribution in [0.5, 0.6) is 5.75 Å². The fourth-order valence-electron chi connectivity index (χ4n) is 2.20. The van der Waals surface area contributed by atoms with Crippen LogP contribution in [0.1, 0.15) is 27.0 Å². The van der Waals surface area contributed by atoms with Crippen LogP contribution in [0.15, 0.2) is 42.5 Å². The molecule has 0 radical (unpaired) electrons. The number of benzene rings is 2. The molecule has 4 nitrogen and oxygen atoms in total. The largest absolute Gasteiger partial charge is 0.508 e. The molecule has 110 valence electrons. The van der Waals surface area contributed by atoms with E-state index >= 15 is 0 Å². The molecule has 0 heterocycles. The van der Waals surface area contributed by atoms with Crippen LogP contribution in [0.3, 0.4) is 0 Å². The number of hydrogen-bond donors (Lipinski definition) is 2. The third-order valence-electron chi connectivity index (χ3n) is 3.55. The van der Waals surface area contributed by atoms with Gasteiger partial charge >= 0.3 is 0 Å². The zero-order valence-corrected chi connectivity index (χ0v) is 12.3. The molecule has 2 rings (SSSR count). The van der Waals surface area contributed by atoms with Gasteiger partial charge in [-0.2, -0.15) is 0 Å². The zero-order valence-electron chi connectivity index (χ0n) is 12.3. The number of hydrogen-bond acceptors (Lipinski definition) is 3. The lowest BCUT2D eigenvalue weighted by molar-refractivity contribution is 0.0784. The number of amides is 1. The highest BCUT2D eigenvalue weighted by molar-refractivity contribution is 5.94. The standard InChI is InChI=1S/C17H20N2O2/c1-12-7-8-13(9-16(12)20)17(21)19(2)11-15-6-4-3-5-14(15)10-18/h3-9,20H,10-11,18H2,1-2H3. The Hall–Kier alpha value is -2.33. The highest BCUT2D eigenvalue weighted by Crippen LogP contribution is 2.19. The van der Waals surface area contributed by atoms with Gasteiger partial charge < -0.3 is 15.7 Å². The number of carbonyl (C=O) groups is 1. The van der Waals surface area contributed by atoms with E-state index in [9.17, 15) is 9.90 Å². The fraction of sp³-hybridized carbons (Fsp3) is 0.235. The lowest BCUT2D eigenvalue weighted by Crippen LogP contribution is -2.26. The van der Waals surface area contributed by atoms with E-state index < -0.39 is 0 Å². The maximum atomic E-state index is 12.4. The summed E-state index contributed by atoms with van der Waals surface area (Å²) in [6.07, 6.45) is 0. The number of phenols is 1. The first kappa shape index (κ1) is 15.1. The van der Waals surface area contributed by atoms with Crippen molar-refractivity contribution >= 4 is 5.91 Å². The Balaban J connectivity index is 2.17. The summed E-state index contributed by atoms with van der Waals surface area (Å²) in [5, 5.41) is 9.72. The zero-order chi connectivity index (χ0) is 15.4. The summed E-state index contributed by atoms with van der Waals surface area (Å²) < 4.78 is 0. The molecule has 1 amide bonds. The molecule has 4 heteroatoms. The van der Waals surface area contributed by atoms with Crippen molar-refractivity contribution in [1.82, 2.24) is 4.90 Å². The number of carbonyl (C=O) groups excluding carboxylic acids is 1. The van der Waals surface area contributed by atoms with Crippen molar-refractivity contribution in [2.24, 2.45) is 5.73 Å². The van der Waals surface area contributed by atoms with Crippen LogP contribution in [0, 0.1) is 6.92 Å². The van der Waals surface area contributed by atoms with Gasteiger partial charge in [-0.1, -0.05) is 30.3 Å². The summed E-state index contributed by atoms with van der Waals surface area (Å²) in [6.45, 7) is 2.73. The Labute approximate surface area is 124 Å². The van der Waals surface area contributed by atoms with Crippen molar-refractivity contribution in [3.63, 3.8) is 0 Å². The maximum Gasteiger partial charge on any atom is 0.254 e. The van der Waals surface area contributed by atoms with Gasteiger partial charge in [0.05, 0.1) is 0 Å². The average molecular weight is 284 g/mol. The molecule has 0 saturated carbocycles. The predicted octanol–water partition coefficient (Wildman–Crippen LogP) is 2.43. The molecule has 0 bridgehead atoms. The van der Waals surface area contributed by atoms with E-state index in [1.807, 2.05) is 24.3 Å². The SMILES string of the molecule is Cc1ccc(C(=O)N(C)Cc2ccccc2CN)cc1O. The highest BCUT2D eigenvalue weighted by Gasteiger charge is 2.14. The summed E-state index contributed by atoms with van der Waals surface area (Å²) in [5.74, 6) is 0.00809. The van der Waals surface area contributed by atoms with E-state index in [0.717, 1.165) is 16.7 Å². The van der Waals surface area contributed by atoms with Crippen molar-refractivity contribution in [2.75, 3.05) is 7.05 Å². The Morgan fingerprint density at radius 1 is 1.19 bits per heavy atom. The second-order valence-electron chi connectivity index (χ2n) is 5.14. The number of phenolic OH excluding ortho intramolecular Hbond substituents is 1. The minimum absolute atomic E-state index is 0.128. The Kier molecular flexibility index (Phi) is 4.60. The first-order valence-corrected chi connectivity index (χ1v) is 6.85. The van der Waals surface area contributed by atoms with Gasteiger partial charge in [-0.15, -0.1) is 0 Å². The Morgan fingerprint density at radius 3 is 2.48 bits per heavy atom. The van der Waals surface area contributed by atoms with Crippen LogP contribution < -0.4 is 5.73 Å². The molecule has 0 aliphatic carbocycles. The van der Waals surface area contributed by atoms with Gasteiger partial charge in [-0.3, -0.25) is 4.79 Å². The minimum Gasteiger partial charge on any atom is -0.508 e. The van der Waals surface area contributed by atoms with Crippen molar-refractivity contribution in [2.45, 2.75) is 20.0 Å². The molecule has 2 aromatic rings. The maximum absolute atomic E-state index is 12.4. The first-order chi connectivity index (χ1) is 10.0. The van der Waals surface area contributed by atoms with Crippen LogP contribution in [0.25, 0.3) is 0 Å². The van der Waals surface area contributed by atoms with Crippen LogP contribution >= 0.6 is 0 Å². The van der Waals surface area contributed by atoms with Crippen molar-refractivity contribution in [3.8, 4) is 5.75 Å². The summed E-state index contributed by atoms with van der Waals surface area (Å²) in [7, 11) is 1.74. The predicted molar refractivity (Wildman–Crippen MR) is 83.0 cm³/mol. The van der Waals surface area contributed by atoms with Crippen LogP contribution in [0.2, 0.25) is 0 Å². The van der Waals surface area contributed by atoms with Gasteiger partial charge in [0, 0.05) is 25.7 Å². The van der Waals surface area contributed by atoms with Gasteiger partial charge in [0.1, 0.15) is 5.75 Å². The summed E-state index contributed by atoms with van der Waals surface area (Å²) >= 11 is 0. The second kappa shape index (κ2) is 6.41. The van der Waals surface area contributed by atoms with Gasteiger partial charge in [-0.05, 0) is 35.7 Å². The fourth-order valence-corrected chi connectivity index (χ4v) is 2.20. The molecule has 0 aromatic heterocycles. The third kappa shape index (κ3) is 3.41. The molecule has 0 atom stereocenters. The van der Waals surface area contributed by atoms with Gasteiger partial charge in [0.25, 0.3) is 5.91 Å². The topological polar surface area (TPSA) is 66.6 Å². The van der Waals surface area contributed by atoms with E-state index in [0.29, 0.717) is 18.7 Å². The molecule has 3 N–H and O–H groups in total. The molecule has 0 aliphatic rings. The second-order valence-corrected chi connectivity index (χ2v) is 5.14. The summed E-state index contributed by atoms with van der Waals surface area (Å²) in [4.78, 5) is 14.0.